The molecule has 154 valence electrons. The summed E-state index contributed by atoms with van der Waals surface area (Å²) in [5, 5.41) is 0. The number of benzene rings is 3. The van der Waals surface area contributed by atoms with Gasteiger partial charge in [-0.15, -0.1) is 0 Å². The van der Waals surface area contributed by atoms with E-state index in [1.807, 2.05) is 85.8 Å². The molecule has 0 fully saturated rings. The minimum Gasteiger partial charge on any atom is -0.490 e. The van der Waals surface area contributed by atoms with E-state index >= 15 is 0 Å². The lowest BCUT2D eigenvalue weighted by Crippen LogP contribution is -2.22. The predicted octanol–water partition coefficient (Wildman–Crippen LogP) is 4.22. The Kier molecular flexibility index (Phi) is 5.14. The van der Waals surface area contributed by atoms with Gasteiger partial charge in [-0.05, 0) is 42.8 Å². The van der Waals surface area contributed by atoms with Crippen molar-refractivity contribution < 1.29 is 9.47 Å². The highest BCUT2D eigenvalue weighted by molar-refractivity contribution is 7.15. The summed E-state index contributed by atoms with van der Waals surface area (Å²) in [6.07, 6.45) is 1.87. The molecule has 6 heteroatoms. The van der Waals surface area contributed by atoms with Crippen LogP contribution in [0.5, 0.6) is 11.5 Å². The van der Waals surface area contributed by atoms with E-state index in [9.17, 15) is 4.79 Å². The number of ether oxygens (including phenoxy) is 2. The van der Waals surface area contributed by atoms with Crippen LogP contribution in [0.25, 0.3) is 22.1 Å². The molecule has 2 heterocycles. The summed E-state index contributed by atoms with van der Waals surface area (Å²) in [4.78, 5) is 18.3. The number of aryl methyl sites for hydroxylation is 1. The van der Waals surface area contributed by atoms with E-state index in [0.29, 0.717) is 28.5 Å². The first-order valence-electron chi connectivity index (χ1n) is 10.0. The maximum absolute atomic E-state index is 13.0. The molecular weight excluding hydrogens is 408 g/mol. The molecule has 5 rings (SSSR count). The van der Waals surface area contributed by atoms with Crippen LogP contribution in [-0.4, -0.2) is 22.6 Å². The van der Waals surface area contributed by atoms with Crippen LogP contribution in [0.2, 0.25) is 0 Å². The molecule has 0 bridgehead atoms. The van der Waals surface area contributed by atoms with Gasteiger partial charge in [0.1, 0.15) is 24.7 Å². The summed E-state index contributed by atoms with van der Waals surface area (Å²) in [5.74, 6) is 1.57. The van der Waals surface area contributed by atoms with Gasteiger partial charge in [-0.2, -0.15) is 0 Å². The van der Waals surface area contributed by atoms with Crippen LogP contribution in [0.15, 0.2) is 77.6 Å². The molecular formula is C25H20N2O3S. The van der Waals surface area contributed by atoms with Crippen LogP contribution in [0.3, 0.4) is 0 Å². The maximum Gasteiger partial charge on any atom is 0.274 e. The fourth-order valence-electron chi connectivity index (χ4n) is 3.51. The molecule has 0 spiro atoms. The average molecular weight is 429 g/mol. The van der Waals surface area contributed by atoms with Crippen molar-refractivity contribution in [3.05, 3.63) is 98.8 Å². The van der Waals surface area contributed by atoms with Gasteiger partial charge in [-0.25, -0.2) is 9.38 Å². The lowest BCUT2D eigenvalue weighted by atomic mass is 10.2. The molecule has 0 saturated heterocycles. The molecule has 0 N–H and O–H groups in total. The van der Waals surface area contributed by atoms with E-state index in [-0.39, 0.29) is 5.56 Å². The summed E-state index contributed by atoms with van der Waals surface area (Å²) < 4.78 is 14.1. The lowest BCUT2D eigenvalue weighted by molar-refractivity contribution is 0.216. The first-order chi connectivity index (χ1) is 15.2. The smallest absolute Gasteiger partial charge is 0.274 e. The molecule has 5 aromatic rings. The lowest BCUT2D eigenvalue weighted by Gasteiger charge is -2.11. The van der Waals surface area contributed by atoms with E-state index in [1.165, 1.54) is 11.3 Å². The van der Waals surface area contributed by atoms with E-state index < -0.39 is 0 Å². The van der Waals surface area contributed by atoms with Gasteiger partial charge >= 0.3 is 0 Å². The number of imidazole rings is 1. The van der Waals surface area contributed by atoms with Gasteiger partial charge < -0.3 is 9.47 Å². The third-order valence-electron chi connectivity index (χ3n) is 5.04. The quantitative estimate of drug-likeness (QED) is 0.380. The molecule has 5 nitrogen and oxygen atoms in total. The fraction of sp³-hybridized carbons (Fsp3) is 0.120. The normalized spacial score (nSPS) is 12.0. The Balaban J connectivity index is 1.39. The second kappa shape index (κ2) is 8.24. The third-order valence-corrected chi connectivity index (χ3v) is 6.01. The monoisotopic (exact) mass is 428 g/mol. The molecule has 0 saturated carbocycles. The van der Waals surface area contributed by atoms with E-state index in [4.69, 9.17) is 9.47 Å². The Morgan fingerprint density at radius 1 is 0.903 bits per heavy atom. The summed E-state index contributed by atoms with van der Waals surface area (Å²) in [6.45, 7) is 2.86. The number of fused-ring (bicyclic) bond motifs is 3. The average Bonchev–Trinajstić information content (AvgIpc) is 3.29. The van der Waals surface area contributed by atoms with Crippen molar-refractivity contribution >= 4 is 33.4 Å². The molecule has 0 aliphatic rings. The molecule has 3 aromatic carbocycles. The molecule has 0 aliphatic carbocycles. The van der Waals surface area contributed by atoms with Gasteiger partial charge in [0.25, 0.3) is 5.56 Å². The highest BCUT2D eigenvalue weighted by Gasteiger charge is 2.11. The van der Waals surface area contributed by atoms with Gasteiger partial charge in [-0.1, -0.05) is 59.9 Å². The number of hydrogen-bond donors (Lipinski definition) is 0. The van der Waals surface area contributed by atoms with Crippen LogP contribution in [0.4, 0.5) is 0 Å². The Hall–Kier alpha value is -3.64. The van der Waals surface area contributed by atoms with Crippen molar-refractivity contribution in [2.45, 2.75) is 6.92 Å². The molecule has 2 aromatic heterocycles. The number of hydrogen-bond acceptors (Lipinski definition) is 5. The first-order valence-corrected chi connectivity index (χ1v) is 10.8. The standard InChI is InChI=1S/C25H20N2O3S/c1-17-8-2-6-12-21(17)29-14-15-30-22-13-7-3-9-18(22)16-23-24(28)27-20-11-5-4-10-19(20)26-25(27)31-23/h2-13,16H,14-15H2,1H3. The van der Waals surface area contributed by atoms with Gasteiger partial charge in [0, 0.05) is 5.56 Å². The molecule has 0 atom stereocenters. The topological polar surface area (TPSA) is 52.8 Å². The Bertz CT molecular complexity index is 1490. The molecule has 0 radical (unpaired) electrons. The van der Waals surface area contributed by atoms with Crippen LogP contribution >= 0.6 is 11.3 Å². The zero-order chi connectivity index (χ0) is 21.2. The van der Waals surface area contributed by atoms with Gasteiger partial charge in [0.2, 0.25) is 0 Å². The first kappa shape index (κ1) is 19.3. The minimum atomic E-state index is -0.0635. The zero-order valence-corrected chi connectivity index (χ0v) is 17.8. The van der Waals surface area contributed by atoms with Gasteiger partial charge in [0.15, 0.2) is 4.96 Å². The van der Waals surface area contributed by atoms with Crippen molar-refractivity contribution in [1.82, 2.24) is 9.38 Å². The molecule has 0 aliphatic heterocycles. The number of rotatable bonds is 6. The number of para-hydroxylation sites is 4. The second-order valence-electron chi connectivity index (χ2n) is 7.13. The van der Waals surface area contributed by atoms with E-state index in [0.717, 1.165) is 27.9 Å². The summed E-state index contributed by atoms with van der Waals surface area (Å²) in [6, 6.07) is 23.3. The van der Waals surface area contributed by atoms with E-state index in [2.05, 4.69) is 4.98 Å². The minimum absolute atomic E-state index is 0.0635. The Morgan fingerprint density at radius 2 is 1.58 bits per heavy atom. The summed E-state index contributed by atoms with van der Waals surface area (Å²) >= 11 is 1.38. The third kappa shape index (κ3) is 3.78. The maximum atomic E-state index is 13.0. The number of thiazole rings is 1. The van der Waals surface area contributed by atoms with Crippen molar-refractivity contribution in [3.63, 3.8) is 0 Å². The molecule has 31 heavy (non-hydrogen) atoms. The highest BCUT2D eigenvalue weighted by Crippen LogP contribution is 2.20. The highest BCUT2D eigenvalue weighted by atomic mass is 32.1. The van der Waals surface area contributed by atoms with Crippen molar-refractivity contribution in [3.8, 4) is 11.5 Å². The molecule has 0 unspecified atom stereocenters. The molecule has 0 amide bonds. The number of nitrogens with zero attached hydrogens (tertiary/aromatic N) is 2. The van der Waals surface area contributed by atoms with Crippen LogP contribution in [-0.2, 0) is 0 Å². The predicted molar refractivity (Wildman–Crippen MR) is 124 cm³/mol. The second-order valence-corrected chi connectivity index (χ2v) is 8.14. The van der Waals surface area contributed by atoms with Crippen LogP contribution in [0, 0.1) is 6.92 Å². The zero-order valence-electron chi connectivity index (χ0n) is 16.9. The largest absolute Gasteiger partial charge is 0.490 e. The van der Waals surface area contributed by atoms with Crippen LogP contribution < -0.4 is 19.6 Å². The number of aromatic nitrogens is 2. The van der Waals surface area contributed by atoms with Crippen molar-refractivity contribution in [2.24, 2.45) is 0 Å². The van der Waals surface area contributed by atoms with E-state index in [1.54, 1.807) is 4.40 Å². The Morgan fingerprint density at radius 3 is 2.42 bits per heavy atom. The van der Waals surface area contributed by atoms with Crippen LogP contribution in [0.1, 0.15) is 11.1 Å². The Labute approximate surface area is 182 Å². The van der Waals surface area contributed by atoms with Crippen molar-refractivity contribution in [2.75, 3.05) is 13.2 Å². The van der Waals surface area contributed by atoms with Gasteiger partial charge in [0.05, 0.1) is 15.6 Å². The van der Waals surface area contributed by atoms with Gasteiger partial charge in [-0.3, -0.25) is 4.79 Å². The fourth-order valence-corrected chi connectivity index (χ4v) is 4.48. The van der Waals surface area contributed by atoms with Crippen molar-refractivity contribution in [1.29, 1.82) is 0 Å². The summed E-state index contributed by atoms with van der Waals surface area (Å²) in [7, 11) is 0. The SMILES string of the molecule is Cc1ccccc1OCCOc1ccccc1C=c1sc2nc3ccccc3n2c1=O. The summed E-state index contributed by atoms with van der Waals surface area (Å²) in [5.41, 5.74) is 3.54.